The molecule has 0 amide bonds. The van der Waals surface area contributed by atoms with Crippen LogP contribution in [0.4, 0.5) is 4.39 Å². The molecule has 4 nitrogen and oxygen atoms in total. The molecule has 4 rings (SSSR count). The Hall–Kier alpha value is -2.95. The lowest BCUT2D eigenvalue weighted by Crippen LogP contribution is -2.00. The van der Waals surface area contributed by atoms with Crippen molar-refractivity contribution >= 4 is 11.0 Å². The molecule has 0 aliphatic rings. The number of rotatable bonds is 5. The fraction of sp³-hybridized carbons (Fsp3) is 0.238. The van der Waals surface area contributed by atoms with Crippen molar-refractivity contribution in [3.05, 3.63) is 83.5 Å². The summed E-state index contributed by atoms with van der Waals surface area (Å²) in [6.45, 7) is 2.89. The Morgan fingerprint density at radius 3 is 2.58 bits per heavy atom. The second-order valence-corrected chi connectivity index (χ2v) is 6.68. The van der Waals surface area contributed by atoms with E-state index in [1.54, 1.807) is 6.20 Å². The van der Waals surface area contributed by atoms with Crippen LogP contribution in [0.25, 0.3) is 11.0 Å². The van der Waals surface area contributed by atoms with Gasteiger partial charge < -0.3 is 9.13 Å². The number of imidazole rings is 2. The van der Waals surface area contributed by atoms with Gasteiger partial charge in [-0.25, -0.2) is 14.4 Å². The minimum Gasteiger partial charge on any atom is -0.333 e. The van der Waals surface area contributed by atoms with Gasteiger partial charge in [0.1, 0.15) is 11.6 Å². The molecular weight excluding hydrogens is 327 g/mol. The SMILES string of the molecule is Cc1ccc2c(nc(CCc3ccc(F)cc3)n2C)c1Cn1ccnc1. The van der Waals surface area contributed by atoms with Crippen molar-refractivity contribution in [2.45, 2.75) is 26.3 Å². The molecule has 2 aromatic heterocycles. The summed E-state index contributed by atoms with van der Waals surface area (Å²) in [5.41, 5.74) is 5.77. The van der Waals surface area contributed by atoms with E-state index >= 15 is 0 Å². The standard InChI is InChI=1S/C21H21FN4/c1-15-3-9-19-21(18(15)13-26-12-11-23-14-26)24-20(25(19)2)10-6-16-4-7-17(22)8-5-16/h3-5,7-9,11-12,14H,6,10,13H2,1-2H3. The van der Waals surface area contributed by atoms with E-state index in [0.717, 1.165) is 41.8 Å². The van der Waals surface area contributed by atoms with E-state index in [9.17, 15) is 4.39 Å². The average Bonchev–Trinajstić information content (AvgIpc) is 3.25. The number of hydrogen-bond acceptors (Lipinski definition) is 2. The Morgan fingerprint density at radius 2 is 1.85 bits per heavy atom. The molecule has 5 heteroatoms. The summed E-state index contributed by atoms with van der Waals surface area (Å²) in [6, 6.07) is 11.0. The number of hydrogen-bond donors (Lipinski definition) is 0. The van der Waals surface area contributed by atoms with Crippen LogP contribution in [0.3, 0.4) is 0 Å². The number of aryl methyl sites for hydroxylation is 4. The van der Waals surface area contributed by atoms with Crippen LogP contribution in [0, 0.1) is 12.7 Å². The quantitative estimate of drug-likeness (QED) is 0.545. The van der Waals surface area contributed by atoms with Crippen LogP contribution in [-0.4, -0.2) is 19.1 Å². The summed E-state index contributed by atoms with van der Waals surface area (Å²) in [5.74, 6) is 0.845. The van der Waals surface area contributed by atoms with E-state index in [-0.39, 0.29) is 5.82 Å². The van der Waals surface area contributed by atoms with Crippen LogP contribution in [0.15, 0.2) is 55.1 Å². The summed E-state index contributed by atoms with van der Waals surface area (Å²) in [6.07, 6.45) is 7.25. The molecule has 0 unspecified atom stereocenters. The highest BCUT2D eigenvalue weighted by Crippen LogP contribution is 2.24. The second-order valence-electron chi connectivity index (χ2n) is 6.68. The smallest absolute Gasteiger partial charge is 0.123 e. The number of nitrogens with zero attached hydrogens (tertiary/aromatic N) is 4. The van der Waals surface area contributed by atoms with Crippen molar-refractivity contribution in [1.29, 1.82) is 0 Å². The van der Waals surface area contributed by atoms with Gasteiger partial charge in [-0.3, -0.25) is 0 Å². The molecule has 0 radical (unpaired) electrons. The summed E-state index contributed by atoms with van der Waals surface area (Å²) < 4.78 is 17.3. The normalized spacial score (nSPS) is 11.3. The first-order valence-corrected chi connectivity index (χ1v) is 8.76. The predicted octanol–water partition coefficient (Wildman–Crippen LogP) is 4.05. The Morgan fingerprint density at radius 1 is 1.04 bits per heavy atom. The molecule has 0 fully saturated rings. The van der Waals surface area contributed by atoms with Crippen molar-refractivity contribution in [1.82, 2.24) is 19.1 Å². The van der Waals surface area contributed by atoms with Gasteiger partial charge in [-0.1, -0.05) is 18.2 Å². The summed E-state index contributed by atoms with van der Waals surface area (Å²) >= 11 is 0. The predicted molar refractivity (Wildman–Crippen MR) is 101 cm³/mol. The van der Waals surface area contributed by atoms with E-state index < -0.39 is 0 Å². The zero-order valence-electron chi connectivity index (χ0n) is 15.0. The summed E-state index contributed by atoms with van der Waals surface area (Å²) in [7, 11) is 2.06. The van der Waals surface area contributed by atoms with Crippen molar-refractivity contribution in [3.8, 4) is 0 Å². The third kappa shape index (κ3) is 3.12. The first kappa shape index (κ1) is 16.5. The fourth-order valence-corrected chi connectivity index (χ4v) is 3.36. The number of fused-ring (bicyclic) bond motifs is 1. The average molecular weight is 348 g/mol. The van der Waals surface area contributed by atoms with Crippen LogP contribution < -0.4 is 0 Å². The van der Waals surface area contributed by atoms with Gasteiger partial charge in [-0.05, 0) is 42.7 Å². The van der Waals surface area contributed by atoms with Gasteiger partial charge in [0.2, 0.25) is 0 Å². The molecule has 0 saturated heterocycles. The lowest BCUT2D eigenvalue weighted by atomic mass is 10.1. The Bertz CT molecular complexity index is 1030. The molecule has 0 aliphatic carbocycles. The maximum absolute atomic E-state index is 13.1. The largest absolute Gasteiger partial charge is 0.333 e. The number of benzene rings is 2. The van der Waals surface area contributed by atoms with Gasteiger partial charge in [0.15, 0.2) is 0 Å². The maximum atomic E-state index is 13.1. The minimum atomic E-state index is -0.198. The highest BCUT2D eigenvalue weighted by atomic mass is 19.1. The Kier molecular flexibility index (Phi) is 4.29. The first-order chi connectivity index (χ1) is 12.6. The molecule has 0 bridgehead atoms. The van der Waals surface area contributed by atoms with E-state index in [0.29, 0.717) is 0 Å². The maximum Gasteiger partial charge on any atom is 0.123 e. The van der Waals surface area contributed by atoms with Crippen LogP contribution in [0.1, 0.15) is 22.5 Å². The molecule has 2 aromatic carbocycles. The lowest BCUT2D eigenvalue weighted by Gasteiger charge is -2.08. The first-order valence-electron chi connectivity index (χ1n) is 8.76. The molecular formula is C21H21FN4. The van der Waals surface area contributed by atoms with Gasteiger partial charge in [-0.2, -0.15) is 0 Å². The van der Waals surface area contributed by atoms with Gasteiger partial charge in [-0.15, -0.1) is 0 Å². The van der Waals surface area contributed by atoms with Crippen LogP contribution in [-0.2, 0) is 26.4 Å². The number of aromatic nitrogens is 4. The lowest BCUT2D eigenvalue weighted by molar-refractivity contribution is 0.626. The monoisotopic (exact) mass is 348 g/mol. The molecule has 132 valence electrons. The molecule has 0 atom stereocenters. The van der Waals surface area contributed by atoms with Crippen LogP contribution >= 0.6 is 0 Å². The number of halogens is 1. The molecule has 26 heavy (non-hydrogen) atoms. The van der Waals surface area contributed by atoms with Gasteiger partial charge in [0.25, 0.3) is 0 Å². The van der Waals surface area contributed by atoms with Crippen molar-refractivity contribution in [3.63, 3.8) is 0 Å². The van der Waals surface area contributed by atoms with Crippen molar-refractivity contribution in [2.24, 2.45) is 7.05 Å². The van der Waals surface area contributed by atoms with E-state index in [1.807, 2.05) is 24.7 Å². The Balaban J connectivity index is 1.66. The Labute approximate surface area is 151 Å². The zero-order chi connectivity index (χ0) is 18.1. The highest BCUT2D eigenvalue weighted by Gasteiger charge is 2.14. The molecule has 0 aliphatic heterocycles. The minimum absolute atomic E-state index is 0.198. The third-order valence-corrected chi connectivity index (χ3v) is 4.94. The van der Waals surface area contributed by atoms with Crippen LogP contribution in [0.5, 0.6) is 0 Å². The molecule has 2 heterocycles. The second kappa shape index (κ2) is 6.75. The van der Waals surface area contributed by atoms with Crippen molar-refractivity contribution < 1.29 is 4.39 Å². The van der Waals surface area contributed by atoms with E-state index in [4.69, 9.17) is 4.98 Å². The zero-order valence-corrected chi connectivity index (χ0v) is 15.0. The van der Waals surface area contributed by atoms with Crippen LogP contribution in [0.2, 0.25) is 0 Å². The third-order valence-electron chi connectivity index (χ3n) is 4.94. The van der Waals surface area contributed by atoms with E-state index in [1.165, 1.54) is 23.3 Å². The topological polar surface area (TPSA) is 35.6 Å². The molecule has 0 saturated carbocycles. The van der Waals surface area contributed by atoms with Gasteiger partial charge in [0.05, 0.1) is 23.9 Å². The summed E-state index contributed by atoms with van der Waals surface area (Å²) in [4.78, 5) is 9.07. The molecule has 4 aromatic rings. The fourth-order valence-electron chi connectivity index (χ4n) is 3.36. The molecule has 0 N–H and O–H groups in total. The van der Waals surface area contributed by atoms with Crippen molar-refractivity contribution in [2.75, 3.05) is 0 Å². The highest BCUT2D eigenvalue weighted by molar-refractivity contribution is 5.81. The van der Waals surface area contributed by atoms with Gasteiger partial charge in [0, 0.05) is 31.4 Å². The summed E-state index contributed by atoms with van der Waals surface area (Å²) in [5, 5.41) is 0. The van der Waals surface area contributed by atoms with E-state index in [2.05, 4.69) is 40.2 Å². The van der Waals surface area contributed by atoms with Gasteiger partial charge >= 0.3 is 0 Å². The molecule has 0 spiro atoms.